The average molecular weight is 278 g/mol. The Labute approximate surface area is 127 Å². The smallest absolute Gasteiger partial charge is 0.0337 e. The zero-order chi connectivity index (χ0) is 14.9. The molecule has 1 aromatic rings. The molecule has 0 atom stereocenters. The highest BCUT2D eigenvalue weighted by atomic mass is 14.8. The molecule has 0 unspecified atom stereocenters. The van der Waals surface area contributed by atoms with Gasteiger partial charge in [-0.3, -0.25) is 0 Å². The van der Waals surface area contributed by atoms with E-state index in [1.165, 1.54) is 16.7 Å². The van der Waals surface area contributed by atoms with Crippen LogP contribution in [0, 0.1) is 0 Å². The van der Waals surface area contributed by atoms with E-state index in [0.29, 0.717) is 0 Å². The van der Waals surface area contributed by atoms with Gasteiger partial charge in [-0.1, -0.05) is 48.6 Å². The van der Waals surface area contributed by atoms with Gasteiger partial charge in [0.15, 0.2) is 0 Å². The molecule has 2 nitrogen and oxygen atoms in total. The quantitative estimate of drug-likeness (QED) is 0.839. The van der Waals surface area contributed by atoms with E-state index in [4.69, 9.17) is 0 Å². The lowest BCUT2D eigenvalue weighted by atomic mass is 10.00. The normalized spacial score (nSPS) is 16.7. The van der Waals surface area contributed by atoms with Crippen LogP contribution in [0.3, 0.4) is 0 Å². The summed E-state index contributed by atoms with van der Waals surface area (Å²) < 4.78 is 0. The van der Waals surface area contributed by atoms with E-state index in [0.717, 1.165) is 12.1 Å². The maximum Gasteiger partial charge on any atom is 0.0337 e. The molecular weight excluding hydrogens is 256 g/mol. The van der Waals surface area contributed by atoms with Crippen LogP contribution in [0.4, 0.5) is 5.69 Å². The van der Waals surface area contributed by atoms with Crippen LogP contribution in [0.5, 0.6) is 0 Å². The Morgan fingerprint density at radius 1 is 1.05 bits per heavy atom. The number of benzene rings is 1. The molecule has 1 aliphatic rings. The molecule has 0 aliphatic heterocycles. The van der Waals surface area contributed by atoms with Gasteiger partial charge in [-0.2, -0.15) is 0 Å². The molecule has 0 aromatic heterocycles. The zero-order valence-corrected chi connectivity index (χ0v) is 12.6. The van der Waals surface area contributed by atoms with Gasteiger partial charge in [0.05, 0.1) is 0 Å². The van der Waals surface area contributed by atoms with Gasteiger partial charge in [0, 0.05) is 19.8 Å². The third kappa shape index (κ3) is 4.53. The number of hydrogen-bond donors (Lipinski definition) is 2. The van der Waals surface area contributed by atoms with Crippen molar-refractivity contribution in [3.05, 3.63) is 83.6 Å². The van der Waals surface area contributed by atoms with Crippen molar-refractivity contribution in [2.75, 3.05) is 19.4 Å². The van der Waals surface area contributed by atoms with Crippen LogP contribution >= 0.6 is 0 Å². The van der Waals surface area contributed by atoms with Crippen LogP contribution in [0.1, 0.15) is 12.0 Å². The van der Waals surface area contributed by atoms with Crippen LogP contribution in [-0.4, -0.2) is 14.1 Å². The lowest BCUT2D eigenvalue weighted by molar-refractivity contribution is 1.10. The molecule has 0 spiro atoms. The average Bonchev–Trinajstić information content (AvgIpc) is 2.56. The molecule has 0 amide bonds. The molecule has 0 saturated heterocycles. The van der Waals surface area contributed by atoms with Crippen molar-refractivity contribution in [3.8, 4) is 0 Å². The minimum absolute atomic E-state index is 0.975. The maximum atomic E-state index is 3.13. The Morgan fingerprint density at radius 3 is 2.48 bits per heavy atom. The van der Waals surface area contributed by atoms with E-state index in [-0.39, 0.29) is 0 Å². The highest BCUT2D eigenvalue weighted by Crippen LogP contribution is 2.19. The molecule has 2 N–H and O–H groups in total. The molecule has 2 heteroatoms. The summed E-state index contributed by atoms with van der Waals surface area (Å²) in [7, 11) is 3.84. The van der Waals surface area contributed by atoms with Gasteiger partial charge in [-0.05, 0) is 47.5 Å². The Bertz CT molecular complexity index is 599. The molecule has 2 rings (SSSR count). The lowest BCUT2D eigenvalue weighted by Gasteiger charge is -2.06. The first kappa shape index (κ1) is 14.9. The number of hydrogen-bond acceptors (Lipinski definition) is 2. The van der Waals surface area contributed by atoms with Gasteiger partial charge in [-0.25, -0.2) is 0 Å². The molecule has 108 valence electrons. The molecule has 1 aromatic carbocycles. The Kier molecular flexibility index (Phi) is 5.65. The second-order valence-corrected chi connectivity index (χ2v) is 4.80. The maximum absolute atomic E-state index is 3.13. The monoisotopic (exact) mass is 278 g/mol. The van der Waals surface area contributed by atoms with E-state index in [2.05, 4.69) is 77.4 Å². The van der Waals surface area contributed by atoms with Crippen LogP contribution in [-0.2, 0) is 0 Å². The first-order valence-electron chi connectivity index (χ1n) is 7.19. The molecule has 0 radical (unpaired) electrons. The number of allylic oxidation sites excluding steroid dienone is 8. The van der Waals surface area contributed by atoms with Gasteiger partial charge >= 0.3 is 0 Å². The second kappa shape index (κ2) is 7.95. The largest absolute Gasteiger partial charge is 0.394 e. The summed E-state index contributed by atoms with van der Waals surface area (Å²) in [6.45, 7) is 0. The van der Waals surface area contributed by atoms with Crippen molar-refractivity contribution in [3.63, 3.8) is 0 Å². The van der Waals surface area contributed by atoms with Gasteiger partial charge in [0.25, 0.3) is 0 Å². The standard InChI is InChI=1S/C19H22N2/c1-20-15-14-18(17-6-4-3-5-7-17)11-8-16-9-12-19(21-2)13-10-16/h3-6,8-15,20-21H,7H2,1-2H3/b11-8+,15-14-,18-17-. The fourth-order valence-electron chi connectivity index (χ4n) is 2.12. The van der Waals surface area contributed by atoms with E-state index >= 15 is 0 Å². The second-order valence-electron chi connectivity index (χ2n) is 4.80. The summed E-state index contributed by atoms with van der Waals surface area (Å²) in [5, 5.41) is 6.18. The van der Waals surface area contributed by atoms with Crippen molar-refractivity contribution >= 4 is 11.8 Å². The van der Waals surface area contributed by atoms with E-state index in [9.17, 15) is 0 Å². The van der Waals surface area contributed by atoms with Crippen molar-refractivity contribution in [1.82, 2.24) is 5.32 Å². The molecule has 0 fully saturated rings. The third-order valence-corrected chi connectivity index (χ3v) is 3.34. The minimum atomic E-state index is 0.975. The van der Waals surface area contributed by atoms with Crippen molar-refractivity contribution < 1.29 is 0 Å². The van der Waals surface area contributed by atoms with Gasteiger partial charge in [0.1, 0.15) is 0 Å². The third-order valence-electron chi connectivity index (χ3n) is 3.34. The van der Waals surface area contributed by atoms with E-state index in [1.807, 2.05) is 20.3 Å². The Morgan fingerprint density at radius 2 is 1.86 bits per heavy atom. The first-order chi connectivity index (χ1) is 10.3. The summed E-state index contributed by atoms with van der Waals surface area (Å²) in [5.74, 6) is 0. The number of anilines is 1. The lowest BCUT2D eigenvalue weighted by Crippen LogP contribution is -1.93. The number of rotatable bonds is 5. The first-order valence-corrected chi connectivity index (χ1v) is 7.19. The fraction of sp³-hybridized carbons (Fsp3) is 0.158. The highest BCUT2D eigenvalue weighted by Gasteiger charge is 1.99. The summed E-state index contributed by atoms with van der Waals surface area (Å²) >= 11 is 0. The molecule has 1 aliphatic carbocycles. The SMILES string of the molecule is CN\C=C/C(/C=C/c1ccc(NC)cc1)=C1/C=CC=CC1. The minimum Gasteiger partial charge on any atom is -0.394 e. The molecular formula is C19H22N2. The summed E-state index contributed by atoms with van der Waals surface area (Å²) in [6.07, 6.45) is 17.9. The van der Waals surface area contributed by atoms with Crippen LogP contribution < -0.4 is 10.6 Å². The predicted molar refractivity (Wildman–Crippen MR) is 93.1 cm³/mol. The van der Waals surface area contributed by atoms with Crippen LogP contribution in [0.2, 0.25) is 0 Å². The zero-order valence-electron chi connectivity index (χ0n) is 12.6. The number of nitrogens with one attached hydrogen (secondary N) is 2. The summed E-state index contributed by atoms with van der Waals surface area (Å²) in [5.41, 5.74) is 4.87. The van der Waals surface area contributed by atoms with Gasteiger partial charge < -0.3 is 10.6 Å². The summed E-state index contributed by atoms with van der Waals surface area (Å²) in [6, 6.07) is 8.39. The summed E-state index contributed by atoms with van der Waals surface area (Å²) in [4.78, 5) is 0. The molecule has 0 heterocycles. The fourth-order valence-corrected chi connectivity index (χ4v) is 2.12. The molecule has 21 heavy (non-hydrogen) atoms. The van der Waals surface area contributed by atoms with E-state index in [1.54, 1.807) is 0 Å². The van der Waals surface area contributed by atoms with Crippen molar-refractivity contribution in [2.24, 2.45) is 0 Å². The molecule has 0 bridgehead atoms. The van der Waals surface area contributed by atoms with Gasteiger partial charge in [-0.15, -0.1) is 0 Å². The van der Waals surface area contributed by atoms with Crippen molar-refractivity contribution in [1.29, 1.82) is 0 Å². The molecule has 0 saturated carbocycles. The highest BCUT2D eigenvalue weighted by molar-refractivity contribution is 5.59. The predicted octanol–water partition coefficient (Wildman–Crippen LogP) is 4.29. The van der Waals surface area contributed by atoms with Crippen LogP contribution in [0.15, 0.2) is 78.1 Å². The van der Waals surface area contributed by atoms with Gasteiger partial charge in [0.2, 0.25) is 0 Å². The van der Waals surface area contributed by atoms with Crippen molar-refractivity contribution in [2.45, 2.75) is 6.42 Å². The van der Waals surface area contributed by atoms with E-state index < -0.39 is 0 Å². The van der Waals surface area contributed by atoms with Crippen LogP contribution in [0.25, 0.3) is 6.08 Å². The Balaban J connectivity index is 2.21. The topological polar surface area (TPSA) is 24.1 Å². The Hall–Kier alpha value is -2.48.